The van der Waals surface area contributed by atoms with Crippen LogP contribution in [0.1, 0.15) is 17.1 Å². The molecule has 3 heterocycles. The molecule has 0 saturated heterocycles. The molecule has 20 heavy (non-hydrogen) atoms. The standard InChI is InChI=1S/C16H18N4/c1-13-15(20-11-5-3-7-16(20)19-13)12-17-10-8-14-6-2-4-9-18-14/h2-7,9,11,17H,8,10,12H2,1H3. The second-order valence-electron chi connectivity index (χ2n) is 4.82. The molecule has 0 fully saturated rings. The fourth-order valence-electron chi connectivity index (χ4n) is 2.35. The molecule has 0 aliphatic rings. The van der Waals surface area contributed by atoms with Gasteiger partial charge in [-0.05, 0) is 31.2 Å². The van der Waals surface area contributed by atoms with Gasteiger partial charge in [-0.25, -0.2) is 4.98 Å². The van der Waals surface area contributed by atoms with Crippen molar-refractivity contribution in [1.29, 1.82) is 0 Å². The Balaban J connectivity index is 1.61. The molecule has 0 unspecified atom stereocenters. The van der Waals surface area contributed by atoms with E-state index in [2.05, 4.69) is 38.9 Å². The van der Waals surface area contributed by atoms with Crippen molar-refractivity contribution >= 4 is 5.65 Å². The predicted octanol–water partition coefficient (Wildman–Crippen LogP) is 2.37. The van der Waals surface area contributed by atoms with Crippen LogP contribution in [0.3, 0.4) is 0 Å². The summed E-state index contributed by atoms with van der Waals surface area (Å²) in [6, 6.07) is 12.1. The van der Waals surface area contributed by atoms with Crippen LogP contribution < -0.4 is 5.32 Å². The van der Waals surface area contributed by atoms with E-state index in [-0.39, 0.29) is 0 Å². The molecular formula is C16H18N4. The quantitative estimate of drug-likeness (QED) is 0.721. The maximum Gasteiger partial charge on any atom is 0.137 e. The summed E-state index contributed by atoms with van der Waals surface area (Å²) in [6.07, 6.45) is 4.84. The molecule has 0 bridgehead atoms. The number of hydrogen-bond acceptors (Lipinski definition) is 3. The van der Waals surface area contributed by atoms with Crippen molar-refractivity contribution in [2.45, 2.75) is 19.9 Å². The molecule has 0 atom stereocenters. The smallest absolute Gasteiger partial charge is 0.137 e. The fourth-order valence-corrected chi connectivity index (χ4v) is 2.35. The lowest BCUT2D eigenvalue weighted by atomic mass is 10.2. The van der Waals surface area contributed by atoms with Gasteiger partial charge in [0, 0.05) is 37.6 Å². The minimum atomic E-state index is 0.823. The van der Waals surface area contributed by atoms with E-state index in [0.29, 0.717) is 0 Å². The number of nitrogens with one attached hydrogen (secondary N) is 1. The molecule has 0 aromatic carbocycles. The van der Waals surface area contributed by atoms with Gasteiger partial charge in [-0.3, -0.25) is 4.98 Å². The highest BCUT2D eigenvalue weighted by atomic mass is 15.0. The van der Waals surface area contributed by atoms with Crippen LogP contribution in [0.25, 0.3) is 5.65 Å². The van der Waals surface area contributed by atoms with Gasteiger partial charge in [0.2, 0.25) is 0 Å². The first-order valence-electron chi connectivity index (χ1n) is 6.88. The first-order chi connectivity index (χ1) is 9.84. The van der Waals surface area contributed by atoms with Crippen LogP contribution in [0.2, 0.25) is 0 Å². The average molecular weight is 266 g/mol. The zero-order valence-electron chi connectivity index (χ0n) is 11.6. The molecule has 1 N–H and O–H groups in total. The molecule has 4 nitrogen and oxygen atoms in total. The molecule has 4 heteroatoms. The molecule has 0 spiro atoms. The van der Waals surface area contributed by atoms with Crippen LogP contribution in [0.5, 0.6) is 0 Å². The number of rotatable bonds is 5. The topological polar surface area (TPSA) is 42.2 Å². The summed E-state index contributed by atoms with van der Waals surface area (Å²) in [5.74, 6) is 0. The second kappa shape index (κ2) is 5.84. The number of aryl methyl sites for hydroxylation is 1. The average Bonchev–Trinajstić information content (AvgIpc) is 2.80. The first kappa shape index (κ1) is 12.8. The lowest BCUT2D eigenvalue weighted by Gasteiger charge is -2.05. The molecule has 3 aromatic heterocycles. The number of hydrogen-bond donors (Lipinski definition) is 1. The van der Waals surface area contributed by atoms with Crippen molar-refractivity contribution in [3.8, 4) is 0 Å². The Morgan fingerprint density at radius 3 is 2.90 bits per heavy atom. The molecule has 0 aliphatic carbocycles. The molecule has 3 rings (SSSR count). The van der Waals surface area contributed by atoms with Crippen molar-refractivity contribution in [2.75, 3.05) is 6.54 Å². The summed E-state index contributed by atoms with van der Waals surface area (Å²) in [4.78, 5) is 8.88. The van der Waals surface area contributed by atoms with E-state index in [9.17, 15) is 0 Å². The lowest BCUT2D eigenvalue weighted by molar-refractivity contribution is 0.662. The maximum absolute atomic E-state index is 4.56. The van der Waals surface area contributed by atoms with Crippen molar-refractivity contribution in [1.82, 2.24) is 19.7 Å². The molecule has 0 saturated carbocycles. The Bertz CT molecular complexity index is 688. The van der Waals surface area contributed by atoms with Gasteiger partial charge in [-0.2, -0.15) is 0 Å². The third kappa shape index (κ3) is 2.70. The molecule has 0 aliphatic heterocycles. The number of pyridine rings is 2. The van der Waals surface area contributed by atoms with Gasteiger partial charge in [-0.1, -0.05) is 12.1 Å². The highest BCUT2D eigenvalue weighted by Crippen LogP contribution is 2.11. The van der Waals surface area contributed by atoms with Crippen LogP contribution in [-0.2, 0) is 13.0 Å². The summed E-state index contributed by atoms with van der Waals surface area (Å²) in [5.41, 5.74) is 4.43. The Kier molecular flexibility index (Phi) is 3.74. The van der Waals surface area contributed by atoms with Gasteiger partial charge < -0.3 is 9.72 Å². The van der Waals surface area contributed by atoms with Gasteiger partial charge in [0.05, 0.1) is 11.4 Å². The molecule has 3 aromatic rings. The lowest BCUT2D eigenvalue weighted by Crippen LogP contribution is -2.18. The van der Waals surface area contributed by atoms with Crippen LogP contribution >= 0.6 is 0 Å². The van der Waals surface area contributed by atoms with Crippen molar-refractivity contribution in [3.63, 3.8) is 0 Å². The molecular weight excluding hydrogens is 248 g/mol. The van der Waals surface area contributed by atoms with Crippen LogP contribution in [0.4, 0.5) is 0 Å². The zero-order valence-corrected chi connectivity index (χ0v) is 11.6. The molecule has 0 radical (unpaired) electrons. The number of imidazole rings is 1. The summed E-state index contributed by atoms with van der Waals surface area (Å²) in [6.45, 7) is 3.79. The first-order valence-corrected chi connectivity index (χ1v) is 6.88. The number of nitrogens with zero attached hydrogens (tertiary/aromatic N) is 3. The van der Waals surface area contributed by atoms with E-state index >= 15 is 0 Å². The Labute approximate surface area is 118 Å². The molecule has 102 valence electrons. The number of aromatic nitrogens is 3. The summed E-state index contributed by atoms with van der Waals surface area (Å²) in [5, 5.41) is 3.47. The third-order valence-electron chi connectivity index (χ3n) is 3.41. The highest BCUT2D eigenvalue weighted by molar-refractivity contribution is 5.42. The van der Waals surface area contributed by atoms with Crippen molar-refractivity contribution in [2.24, 2.45) is 0 Å². The fraction of sp³-hybridized carbons (Fsp3) is 0.250. The SMILES string of the molecule is Cc1nc2ccccn2c1CNCCc1ccccn1. The minimum absolute atomic E-state index is 0.823. The Morgan fingerprint density at radius 1 is 1.15 bits per heavy atom. The highest BCUT2D eigenvalue weighted by Gasteiger charge is 2.06. The van der Waals surface area contributed by atoms with Gasteiger partial charge in [0.25, 0.3) is 0 Å². The third-order valence-corrected chi connectivity index (χ3v) is 3.41. The van der Waals surface area contributed by atoms with Gasteiger partial charge in [0.15, 0.2) is 0 Å². The zero-order chi connectivity index (χ0) is 13.8. The normalized spacial score (nSPS) is 11.1. The maximum atomic E-state index is 4.56. The van der Waals surface area contributed by atoms with E-state index in [0.717, 1.165) is 36.5 Å². The van der Waals surface area contributed by atoms with E-state index in [4.69, 9.17) is 0 Å². The largest absolute Gasteiger partial charge is 0.311 e. The van der Waals surface area contributed by atoms with E-state index in [1.165, 1.54) is 5.69 Å². The Morgan fingerprint density at radius 2 is 2.05 bits per heavy atom. The van der Waals surface area contributed by atoms with E-state index in [1.54, 1.807) is 0 Å². The number of fused-ring (bicyclic) bond motifs is 1. The van der Waals surface area contributed by atoms with Crippen LogP contribution in [0, 0.1) is 6.92 Å². The summed E-state index contributed by atoms with van der Waals surface area (Å²) < 4.78 is 2.14. The van der Waals surface area contributed by atoms with E-state index in [1.807, 2.05) is 36.5 Å². The second-order valence-corrected chi connectivity index (χ2v) is 4.82. The van der Waals surface area contributed by atoms with Crippen molar-refractivity contribution in [3.05, 3.63) is 65.9 Å². The Hall–Kier alpha value is -2.20. The summed E-state index contributed by atoms with van der Waals surface area (Å²) in [7, 11) is 0. The minimum Gasteiger partial charge on any atom is -0.311 e. The molecule has 0 amide bonds. The van der Waals surface area contributed by atoms with Crippen molar-refractivity contribution < 1.29 is 0 Å². The predicted molar refractivity (Wildman–Crippen MR) is 79.6 cm³/mol. The van der Waals surface area contributed by atoms with E-state index < -0.39 is 0 Å². The van der Waals surface area contributed by atoms with Crippen LogP contribution in [-0.4, -0.2) is 20.9 Å². The summed E-state index contributed by atoms with van der Waals surface area (Å²) >= 11 is 0. The van der Waals surface area contributed by atoms with Gasteiger partial charge in [0.1, 0.15) is 5.65 Å². The van der Waals surface area contributed by atoms with Crippen LogP contribution in [0.15, 0.2) is 48.8 Å². The van der Waals surface area contributed by atoms with Gasteiger partial charge in [-0.15, -0.1) is 0 Å². The monoisotopic (exact) mass is 266 g/mol. The van der Waals surface area contributed by atoms with Gasteiger partial charge >= 0.3 is 0 Å².